The highest BCUT2D eigenvalue weighted by Gasteiger charge is 2.54. The van der Waals surface area contributed by atoms with Gasteiger partial charge in [0.15, 0.2) is 0 Å². The van der Waals surface area contributed by atoms with E-state index in [1.807, 2.05) is 0 Å². The van der Waals surface area contributed by atoms with E-state index in [0.29, 0.717) is 25.2 Å². The molecule has 2 aliphatic carbocycles. The molecule has 4 unspecified atom stereocenters. The molecule has 2 aliphatic rings. The summed E-state index contributed by atoms with van der Waals surface area (Å²) in [4.78, 5) is 23.4. The highest BCUT2D eigenvalue weighted by molar-refractivity contribution is 5.78. The minimum Gasteiger partial charge on any atom is -0.481 e. The first-order chi connectivity index (χ1) is 9.51. The second kappa shape index (κ2) is 6.15. The second-order valence-electron chi connectivity index (χ2n) is 6.69. The molecule has 4 atom stereocenters. The van der Waals surface area contributed by atoms with Gasteiger partial charge in [0.2, 0.25) is 0 Å². The summed E-state index contributed by atoms with van der Waals surface area (Å²) < 4.78 is 0. The lowest BCUT2D eigenvalue weighted by atomic mass is 9.53. The van der Waals surface area contributed by atoms with Gasteiger partial charge in [0.1, 0.15) is 0 Å². The molecular formula is C16H26O4. The van der Waals surface area contributed by atoms with Crippen LogP contribution in [0.15, 0.2) is 0 Å². The van der Waals surface area contributed by atoms with Crippen LogP contribution in [0.25, 0.3) is 0 Å². The maximum Gasteiger partial charge on any atom is 0.309 e. The molecule has 114 valence electrons. The molecule has 0 bridgehead atoms. The second-order valence-corrected chi connectivity index (χ2v) is 6.69. The van der Waals surface area contributed by atoms with Crippen molar-refractivity contribution in [2.75, 3.05) is 0 Å². The SMILES string of the molecule is CCCCC1(C(=O)O)CC(C(=O)O)CC2CCCCC21. The maximum absolute atomic E-state index is 12.0. The molecule has 4 heteroatoms. The molecule has 2 rings (SSSR count). The fourth-order valence-electron chi connectivity index (χ4n) is 4.58. The van der Waals surface area contributed by atoms with E-state index in [1.54, 1.807) is 0 Å². The van der Waals surface area contributed by atoms with Gasteiger partial charge in [-0.2, -0.15) is 0 Å². The summed E-state index contributed by atoms with van der Waals surface area (Å²) in [6, 6.07) is 0. The number of hydrogen-bond acceptors (Lipinski definition) is 2. The summed E-state index contributed by atoms with van der Waals surface area (Å²) in [5.74, 6) is -1.55. The molecule has 2 fully saturated rings. The smallest absolute Gasteiger partial charge is 0.309 e. The first-order valence-corrected chi connectivity index (χ1v) is 7.97. The Balaban J connectivity index is 2.31. The number of unbranched alkanes of at least 4 members (excludes halogenated alkanes) is 1. The third-order valence-electron chi connectivity index (χ3n) is 5.57. The highest BCUT2D eigenvalue weighted by atomic mass is 16.4. The van der Waals surface area contributed by atoms with Gasteiger partial charge >= 0.3 is 11.9 Å². The lowest BCUT2D eigenvalue weighted by molar-refractivity contribution is -0.167. The Hall–Kier alpha value is -1.06. The number of hydrogen-bond donors (Lipinski definition) is 2. The number of carboxylic acid groups (broad SMARTS) is 2. The molecule has 0 aromatic rings. The van der Waals surface area contributed by atoms with Crippen molar-refractivity contribution >= 4 is 11.9 Å². The molecule has 2 N–H and O–H groups in total. The Labute approximate surface area is 120 Å². The monoisotopic (exact) mass is 282 g/mol. The van der Waals surface area contributed by atoms with Crippen LogP contribution in [0.2, 0.25) is 0 Å². The third kappa shape index (κ3) is 2.70. The minimum absolute atomic E-state index is 0.191. The molecule has 0 aromatic carbocycles. The van der Waals surface area contributed by atoms with Crippen LogP contribution < -0.4 is 0 Å². The van der Waals surface area contributed by atoms with Crippen molar-refractivity contribution in [3.05, 3.63) is 0 Å². The molecule has 0 heterocycles. The summed E-state index contributed by atoms with van der Waals surface area (Å²) in [6.45, 7) is 2.06. The predicted molar refractivity (Wildman–Crippen MR) is 75.4 cm³/mol. The fourth-order valence-corrected chi connectivity index (χ4v) is 4.58. The fraction of sp³-hybridized carbons (Fsp3) is 0.875. The number of rotatable bonds is 5. The van der Waals surface area contributed by atoms with Crippen LogP contribution in [0, 0.1) is 23.2 Å². The molecule has 0 spiro atoms. The van der Waals surface area contributed by atoms with Crippen LogP contribution >= 0.6 is 0 Å². The Kier molecular flexibility index (Phi) is 4.71. The van der Waals surface area contributed by atoms with Gasteiger partial charge in [-0.25, -0.2) is 0 Å². The zero-order valence-electron chi connectivity index (χ0n) is 12.3. The Morgan fingerprint density at radius 1 is 1.20 bits per heavy atom. The van der Waals surface area contributed by atoms with E-state index in [0.717, 1.165) is 38.5 Å². The summed E-state index contributed by atoms with van der Waals surface area (Å²) in [5, 5.41) is 19.2. The third-order valence-corrected chi connectivity index (χ3v) is 5.57. The summed E-state index contributed by atoms with van der Waals surface area (Å²) in [7, 11) is 0. The molecular weight excluding hydrogens is 256 g/mol. The Bertz CT molecular complexity index is 379. The van der Waals surface area contributed by atoms with Crippen LogP contribution in [-0.2, 0) is 9.59 Å². The zero-order valence-corrected chi connectivity index (χ0v) is 12.3. The zero-order chi connectivity index (χ0) is 14.8. The summed E-state index contributed by atoms with van der Waals surface area (Å²) in [5.41, 5.74) is -0.789. The van der Waals surface area contributed by atoms with Crippen LogP contribution in [0.3, 0.4) is 0 Å². The number of fused-ring (bicyclic) bond motifs is 1. The van der Waals surface area contributed by atoms with E-state index in [4.69, 9.17) is 0 Å². The lowest BCUT2D eigenvalue weighted by Crippen LogP contribution is -2.50. The van der Waals surface area contributed by atoms with Crippen LogP contribution in [-0.4, -0.2) is 22.2 Å². The van der Waals surface area contributed by atoms with Gasteiger partial charge in [-0.1, -0.05) is 39.0 Å². The maximum atomic E-state index is 12.0. The number of carbonyl (C=O) groups is 2. The molecule has 0 aliphatic heterocycles. The van der Waals surface area contributed by atoms with E-state index >= 15 is 0 Å². The van der Waals surface area contributed by atoms with Crippen molar-refractivity contribution in [1.82, 2.24) is 0 Å². The predicted octanol–water partition coefficient (Wildman–Crippen LogP) is 3.55. The normalized spacial score (nSPS) is 37.1. The average molecular weight is 282 g/mol. The van der Waals surface area contributed by atoms with Crippen LogP contribution in [0.1, 0.15) is 64.7 Å². The molecule has 0 aromatic heterocycles. The molecule has 0 saturated heterocycles. The van der Waals surface area contributed by atoms with Crippen molar-refractivity contribution in [1.29, 1.82) is 0 Å². The van der Waals surface area contributed by atoms with Gasteiger partial charge in [-0.15, -0.1) is 0 Å². The minimum atomic E-state index is -0.809. The molecule has 0 amide bonds. The van der Waals surface area contributed by atoms with E-state index in [2.05, 4.69) is 6.92 Å². The molecule has 0 radical (unpaired) electrons. The average Bonchev–Trinajstić information content (AvgIpc) is 2.44. The van der Waals surface area contributed by atoms with Gasteiger partial charge < -0.3 is 10.2 Å². The van der Waals surface area contributed by atoms with Gasteiger partial charge in [-0.05, 0) is 37.5 Å². The lowest BCUT2D eigenvalue weighted by Gasteiger charge is -2.50. The van der Waals surface area contributed by atoms with Crippen molar-refractivity contribution in [2.24, 2.45) is 23.2 Å². The van der Waals surface area contributed by atoms with Crippen molar-refractivity contribution in [3.63, 3.8) is 0 Å². The standard InChI is InChI=1S/C16H26O4/c1-2-3-8-16(15(19)20)10-12(14(17)18)9-11-6-4-5-7-13(11)16/h11-13H,2-10H2,1H3,(H,17,18)(H,19,20). The Morgan fingerprint density at radius 2 is 1.90 bits per heavy atom. The van der Waals surface area contributed by atoms with Crippen LogP contribution in [0.4, 0.5) is 0 Å². The first-order valence-electron chi connectivity index (χ1n) is 7.97. The number of aliphatic carboxylic acids is 2. The van der Waals surface area contributed by atoms with Crippen LogP contribution in [0.5, 0.6) is 0 Å². The number of carboxylic acids is 2. The van der Waals surface area contributed by atoms with E-state index in [1.165, 1.54) is 0 Å². The first kappa shape index (κ1) is 15.3. The van der Waals surface area contributed by atoms with Gasteiger partial charge in [0, 0.05) is 0 Å². The topological polar surface area (TPSA) is 74.6 Å². The van der Waals surface area contributed by atoms with Crippen molar-refractivity contribution in [2.45, 2.75) is 64.7 Å². The highest BCUT2D eigenvalue weighted by Crippen LogP contribution is 2.55. The van der Waals surface area contributed by atoms with Gasteiger partial charge in [0.25, 0.3) is 0 Å². The van der Waals surface area contributed by atoms with E-state index < -0.39 is 23.3 Å². The Morgan fingerprint density at radius 3 is 2.50 bits per heavy atom. The summed E-state index contributed by atoms with van der Waals surface area (Å²) in [6.07, 6.45) is 7.69. The largest absolute Gasteiger partial charge is 0.481 e. The van der Waals surface area contributed by atoms with Gasteiger partial charge in [0.05, 0.1) is 11.3 Å². The van der Waals surface area contributed by atoms with Gasteiger partial charge in [-0.3, -0.25) is 9.59 Å². The summed E-state index contributed by atoms with van der Waals surface area (Å²) >= 11 is 0. The van der Waals surface area contributed by atoms with E-state index in [-0.39, 0.29) is 5.92 Å². The van der Waals surface area contributed by atoms with Crippen molar-refractivity contribution in [3.8, 4) is 0 Å². The molecule has 4 nitrogen and oxygen atoms in total. The van der Waals surface area contributed by atoms with E-state index in [9.17, 15) is 19.8 Å². The quantitative estimate of drug-likeness (QED) is 0.808. The molecule has 20 heavy (non-hydrogen) atoms. The van der Waals surface area contributed by atoms with Crippen molar-refractivity contribution < 1.29 is 19.8 Å². The molecule has 2 saturated carbocycles.